The SMILES string of the molecule is Cl.O=C(NC1(c2ccccc2)CCNCC1)C1CC1. The maximum Gasteiger partial charge on any atom is 0.223 e. The molecule has 0 aromatic heterocycles. The van der Waals surface area contributed by atoms with E-state index in [2.05, 4.69) is 34.9 Å². The second-order valence-corrected chi connectivity index (χ2v) is 5.46. The van der Waals surface area contributed by atoms with Crippen LogP contribution >= 0.6 is 12.4 Å². The summed E-state index contributed by atoms with van der Waals surface area (Å²) in [6, 6.07) is 10.4. The van der Waals surface area contributed by atoms with Crippen molar-refractivity contribution in [3.63, 3.8) is 0 Å². The highest BCUT2D eigenvalue weighted by Gasteiger charge is 2.39. The first-order chi connectivity index (χ1) is 8.80. The molecule has 0 spiro atoms. The van der Waals surface area contributed by atoms with Gasteiger partial charge in [0.05, 0.1) is 5.54 Å². The lowest BCUT2D eigenvalue weighted by molar-refractivity contribution is -0.124. The van der Waals surface area contributed by atoms with Crippen molar-refractivity contribution in [2.45, 2.75) is 31.2 Å². The van der Waals surface area contributed by atoms with Crippen molar-refractivity contribution < 1.29 is 4.79 Å². The Labute approximate surface area is 120 Å². The molecule has 2 N–H and O–H groups in total. The van der Waals surface area contributed by atoms with Crippen molar-refractivity contribution in [1.29, 1.82) is 0 Å². The number of benzene rings is 1. The van der Waals surface area contributed by atoms with Gasteiger partial charge in [-0.3, -0.25) is 4.79 Å². The van der Waals surface area contributed by atoms with Gasteiger partial charge in [0.2, 0.25) is 5.91 Å². The van der Waals surface area contributed by atoms with Crippen LogP contribution in [-0.2, 0) is 10.3 Å². The summed E-state index contributed by atoms with van der Waals surface area (Å²) < 4.78 is 0. The molecule has 4 heteroatoms. The molecule has 1 aliphatic heterocycles. The van der Waals surface area contributed by atoms with Crippen LogP contribution in [0.4, 0.5) is 0 Å². The van der Waals surface area contributed by atoms with Crippen molar-refractivity contribution in [3.05, 3.63) is 35.9 Å². The fourth-order valence-corrected chi connectivity index (χ4v) is 2.78. The number of hydrogen-bond donors (Lipinski definition) is 2. The number of carbonyl (C=O) groups excluding carboxylic acids is 1. The van der Waals surface area contributed by atoms with E-state index in [0.717, 1.165) is 38.8 Å². The molecule has 1 saturated heterocycles. The van der Waals surface area contributed by atoms with Gasteiger partial charge in [-0.15, -0.1) is 12.4 Å². The Kier molecular flexibility index (Phi) is 4.48. The van der Waals surface area contributed by atoms with Gasteiger partial charge in [0, 0.05) is 5.92 Å². The van der Waals surface area contributed by atoms with Crippen molar-refractivity contribution in [2.75, 3.05) is 13.1 Å². The fraction of sp³-hybridized carbons (Fsp3) is 0.533. The highest BCUT2D eigenvalue weighted by atomic mass is 35.5. The minimum absolute atomic E-state index is 0. The highest BCUT2D eigenvalue weighted by Crippen LogP contribution is 2.34. The number of hydrogen-bond acceptors (Lipinski definition) is 2. The van der Waals surface area contributed by atoms with Crippen molar-refractivity contribution in [2.24, 2.45) is 5.92 Å². The molecule has 3 nitrogen and oxygen atoms in total. The second-order valence-electron chi connectivity index (χ2n) is 5.46. The first-order valence-electron chi connectivity index (χ1n) is 6.88. The van der Waals surface area contributed by atoms with Gasteiger partial charge in [0.15, 0.2) is 0 Å². The molecule has 2 aliphatic rings. The Hall–Kier alpha value is -1.06. The Balaban J connectivity index is 0.00000133. The number of halogens is 1. The summed E-state index contributed by atoms with van der Waals surface area (Å²) >= 11 is 0. The largest absolute Gasteiger partial charge is 0.346 e. The van der Waals surface area contributed by atoms with Gasteiger partial charge in [0.1, 0.15) is 0 Å². The van der Waals surface area contributed by atoms with Gasteiger partial charge in [-0.1, -0.05) is 30.3 Å². The molecule has 104 valence electrons. The summed E-state index contributed by atoms with van der Waals surface area (Å²) in [5.74, 6) is 0.529. The Bertz CT molecular complexity index is 425. The molecule has 1 aromatic rings. The Morgan fingerprint density at radius 3 is 2.37 bits per heavy atom. The van der Waals surface area contributed by atoms with Crippen LogP contribution in [0, 0.1) is 5.92 Å². The van der Waals surface area contributed by atoms with E-state index in [1.807, 2.05) is 6.07 Å². The average Bonchev–Trinajstić information content (AvgIpc) is 3.25. The minimum Gasteiger partial charge on any atom is -0.346 e. The molecular weight excluding hydrogens is 260 g/mol. The van der Waals surface area contributed by atoms with E-state index in [9.17, 15) is 4.79 Å². The molecular formula is C15H21ClN2O. The summed E-state index contributed by atoms with van der Waals surface area (Å²) in [6.07, 6.45) is 4.09. The summed E-state index contributed by atoms with van der Waals surface area (Å²) in [6.45, 7) is 1.94. The van der Waals surface area contributed by atoms with E-state index >= 15 is 0 Å². The average molecular weight is 281 g/mol. The first kappa shape index (κ1) is 14.4. The van der Waals surface area contributed by atoms with Crippen LogP contribution in [0.1, 0.15) is 31.2 Å². The number of amides is 1. The van der Waals surface area contributed by atoms with Gasteiger partial charge in [-0.05, 0) is 44.3 Å². The third-order valence-corrected chi connectivity index (χ3v) is 4.09. The van der Waals surface area contributed by atoms with E-state index < -0.39 is 0 Å². The van der Waals surface area contributed by atoms with Crippen molar-refractivity contribution in [1.82, 2.24) is 10.6 Å². The molecule has 1 saturated carbocycles. The molecule has 3 rings (SSSR count). The van der Waals surface area contributed by atoms with Crippen LogP contribution in [0.2, 0.25) is 0 Å². The van der Waals surface area contributed by atoms with E-state index in [0.29, 0.717) is 0 Å². The molecule has 1 aliphatic carbocycles. The van der Waals surface area contributed by atoms with Crippen LogP contribution < -0.4 is 10.6 Å². The molecule has 19 heavy (non-hydrogen) atoms. The Morgan fingerprint density at radius 1 is 1.16 bits per heavy atom. The predicted octanol–water partition coefficient (Wildman–Crippen LogP) is 2.21. The van der Waals surface area contributed by atoms with E-state index in [-0.39, 0.29) is 29.8 Å². The quantitative estimate of drug-likeness (QED) is 0.891. The van der Waals surface area contributed by atoms with Crippen molar-refractivity contribution >= 4 is 18.3 Å². The third-order valence-electron chi connectivity index (χ3n) is 4.09. The standard InChI is InChI=1S/C15H20N2O.ClH/c18-14(12-6-7-12)17-15(8-10-16-11-9-15)13-4-2-1-3-5-13;/h1-5,12,16H,6-11H2,(H,17,18);1H. The predicted molar refractivity (Wildman–Crippen MR) is 78.3 cm³/mol. The third kappa shape index (κ3) is 3.10. The van der Waals surface area contributed by atoms with Gasteiger partial charge in [-0.2, -0.15) is 0 Å². The maximum atomic E-state index is 12.1. The zero-order valence-corrected chi connectivity index (χ0v) is 11.8. The lowest BCUT2D eigenvalue weighted by atomic mass is 9.81. The molecule has 2 fully saturated rings. The lowest BCUT2D eigenvalue weighted by Gasteiger charge is -2.39. The highest BCUT2D eigenvalue weighted by molar-refractivity contribution is 5.85. The molecule has 0 unspecified atom stereocenters. The lowest BCUT2D eigenvalue weighted by Crippen LogP contribution is -2.52. The number of piperidine rings is 1. The normalized spacial score (nSPS) is 21.3. The van der Waals surface area contributed by atoms with Gasteiger partial charge < -0.3 is 10.6 Å². The zero-order chi connectivity index (χ0) is 12.4. The monoisotopic (exact) mass is 280 g/mol. The maximum absolute atomic E-state index is 12.1. The van der Waals surface area contributed by atoms with Crippen LogP contribution in [0.15, 0.2) is 30.3 Å². The minimum atomic E-state index is -0.147. The van der Waals surface area contributed by atoms with Gasteiger partial charge in [0.25, 0.3) is 0 Å². The van der Waals surface area contributed by atoms with Crippen LogP contribution in [-0.4, -0.2) is 19.0 Å². The second kappa shape index (κ2) is 5.93. The molecule has 0 radical (unpaired) electrons. The van der Waals surface area contributed by atoms with E-state index in [4.69, 9.17) is 0 Å². The van der Waals surface area contributed by atoms with Crippen LogP contribution in [0.5, 0.6) is 0 Å². The Morgan fingerprint density at radius 2 is 1.79 bits per heavy atom. The topological polar surface area (TPSA) is 41.1 Å². The van der Waals surface area contributed by atoms with E-state index in [1.54, 1.807) is 0 Å². The molecule has 0 bridgehead atoms. The summed E-state index contributed by atoms with van der Waals surface area (Å²) in [5.41, 5.74) is 1.10. The molecule has 0 atom stereocenters. The van der Waals surface area contributed by atoms with Crippen molar-refractivity contribution in [3.8, 4) is 0 Å². The number of nitrogens with one attached hydrogen (secondary N) is 2. The van der Waals surface area contributed by atoms with Gasteiger partial charge >= 0.3 is 0 Å². The van der Waals surface area contributed by atoms with Crippen LogP contribution in [0.3, 0.4) is 0 Å². The van der Waals surface area contributed by atoms with Gasteiger partial charge in [-0.25, -0.2) is 0 Å². The summed E-state index contributed by atoms with van der Waals surface area (Å²) in [7, 11) is 0. The van der Waals surface area contributed by atoms with E-state index in [1.165, 1.54) is 5.56 Å². The molecule has 1 amide bonds. The zero-order valence-electron chi connectivity index (χ0n) is 11.0. The smallest absolute Gasteiger partial charge is 0.223 e. The van der Waals surface area contributed by atoms with Crippen LogP contribution in [0.25, 0.3) is 0 Å². The number of carbonyl (C=O) groups is 1. The molecule has 1 aromatic carbocycles. The summed E-state index contributed by atoms with van der Waals surface area (Å²) in [4.78, 5) is 12.1. The molecule has 1 heterocycles. The number of rotatable bonds is 3. The summed E-state index contributed by atoms with van der Waals surface area (Å²) in [5, 5.41) is 6.71. The first-order valence-corrected chi connectivity index (χ1v) is 6.88. The fourth-order valence-electron chi connectivity index (χ4n) is 2.78.